The van der Waals surface area contributed by atoms with Crippen molar-refractivity contribution in [1.29, 1.82) is 0 Å². The van der Waals surface area contributed by atoms with E-state index in [0.29, 0.717) is 0 Å². The molecule has 0 aliphatic rings. The second kappa shape index (κ2) is 10.0. The molecule has 2 rings (SSSR count). The molecule has 6 nitrogen and oxygen atoms in total. The summed E-state index contributed by atoms with van der Waals surface area (Å²) in [6.07, 6.45) is -0.205. The van der Waals surface area contributed by atoms with E-state index in [0.717, 1.165) is 22.0 Å². The van der Waals surface area contributed by atoms with Crippen molar-refractivity contribution >= 4 is 15.9 Å². The zero-order valence-electron chi connectivity index (χ0n) is 13.7. The number of amides is 1. The largest absolute Gasteiger partial charge is 1.00 e. The molecule has 0 bridgehead atoms. The predicted molar refractivity (Wildman–Crippen MR) is 85.0 cm³/mol. The van der Waals surface area contributed by atoms with E-state index >= 15 is 0 Å². The van der Waals surface area contributed by atoms with Crippen molar-refractivity contribution in [1.82, 2.24) is 9.79 Å². The molecule has 9 heteroatoms. The molecule has 2 aromatic carbocycles. The number of hydrogen-bond donors (Lipinski definition) is 2. The summed E-state index contributed by atoms with van der Waals surface area (Å²) in [5.74, 6) is -1.23. The molecule has 1 amide bonds. The maximum Gasteiger partial charge on any atom is 1.00 e. The topological polar surface area (TPSA) is 86.7 Å². The number of carbonyl (C=O) groups is 1. The first-order chi connectivity index (χ1) is 11.4. The van der Waals surface area contributed by atoms with Gasteiger partial charge in [-0.25, -0.2) is 18.3 Å². The van der Waals surface area contributed by atoms with E-state index in [1.807, 2.05) is 6.07 Å². The molecule has 0 radical (unpaired) electrons. The van der Waals surface area contributed by atoms with Crippen LogP contribution >= 0.6 is 0 Å². The van der Waals surface area contributed by atoms with Gasteiger partial charge in [-0.1, -0.05) is 30.3 Å². The van der Waals surface area contributed by atoms with Crippen molar-refractivity contribution in [2.75, 3.05) is 6.54 Å². The summed E-state index contributed by atoms with van der Waals surface area (Å²) >= 11 is 0. The van der Waals surface area contributed by atoms with Gasteiger partial charge in [0.1, 0.15) is 5.82 Å². The number of halogens is 1. The average molecular weight is 375 g/mol. The first kappa shape index (κ1) is 21.8. The minimum Gasteiger partial charge on any atom is -0.289 e. The Hall–Kier alpha value is -1.29. The van der Waals surface area contributed by atoms with Crippen LogP contribution in [0.5, 0.6) is 0 Å². The van der Waals surface area contributed by atoms with E-state index in [9.17, 15) is 17.6 Å². The molecule has 0 spiro atoms. The Kier molecular flexibility index (Phi) is 8.70. The fourth-order valence-corrected chi connectivity index (χ4v) is 3.54. The van der Waals surface area contributed by atoms with Crippen LogP contribution in [0, 0.1) is 5.82 Å². The minimum absolute atomic E-state index is 0. The SMILES string of the molecule is O=C(CCN(Cc1ccccc1)S(=O)(=O)c1ccc(F)cc1)NO.[Na+]. The molecule has 0 atom stereocenters. The van der Waals surface area contributed by atoms with Crippen molar-refractivity contribution in [2.45, 2.75) is 17.9 Å². The van der Waals surface area contributed by atoms with E-state index in [-0.39, 0.29) is 54.0 Å². The van der Waals surface area contributed by atoms with E-state index in [1.165, 1.54) is 17.6 Å². The Morgan fingerprint density at radius 3 is 2.24 bits per heavy atom. The van der Waals surface area contributed by atoms with Crippen LogP contribution in [0.2, 0.25) is 0 Å². The minimum atomic E-state index is -3.91. The molecule has 0 fully saturated rings. The second-order valence-electron chi connectivity index (χ2n) is 5.06. The monoisotopic (exact) mass is 375 g/mol. The first-order valence-electron chi connectivity index (χ1n) is 7.16. The molecular formula is C16H17FN2NaO4S+. The standard InChI is InChI=1S/C16H17FN2O4S.Na/c17-14-6-8-15(9-7-14)24(22,23)19(11-10-16(20)18-21)12-13-4-2-1-3-5-13;/h1-9,21H,10-12H2,(H,18,20);/q;+1. The molecule has 0 aromatic heterocycles. The van der Waals surface area contributed by atoms with Gasteiger partial charge < -0.3 is 0 Å². The van der Waals surface area contributed by atoms with Gasteiger partial charge in [0.05, 0.1) is 4.90 Å². The summed E-state index contributed by atoms with van der Waals surface area (Å²) in [6.45, 7) is -0.0692. The molecular weight excluding hydrogens is 358 g/mol. The maximum absolute atomic E-state index is 13.0. The van der Waals surface area contributed by atoms with Crippen LogP contribution in [-0.2, 0) is 21.4 Å². The summed E-state index contributed by atoms with van der Waals surface area (Å²) < 4.78 is 39.7. The van der Waals surface area contributed by atoms with Gasteiger partial charge in [0, 0.05) is 19.5 Å². The summed E-state index contributed by atoms with van der Waals surface area (Å²) in [4.78, 5) is 11.2. The summed E-state index contributed by atoms with van der Waals surface area (Å²) in [6, 6.07) is 13.4. The molecule has 0 unspecified atom stereocenters. The van der Waals surface area contributed by atoms with Crippen molar-refractivity contribution < 1.29 is 52.4 Å². The van der Waals surface area contributed by atoms with E-state index in [2.05, 4.69) is 0 Å². The van der Waals surface area contributed by atoms with Crippen molar-refractivity contribution in [3.63, 3.8) is 0 Å². The molecule has 0 saturated carbocycles. The molecule has 2 aromatic rings. The molecule has 0 heterocycles. The van der Waals surface area contributed by atoms with Gasteiger partial charge in [-0.2, -0.15) is 4.31 Å². The van der Waals surface area contributed by atoms with Gasteiger partial charge in [0.25, 0.3) is 0 Å². The van der Waals surface area contributed by atoms with Gasteiger partial charge >= 0.3 is 29.6 Å². The van der Waals surface area contributed by atoms with Crippen molar-refractivity contribution in [3.05, 3.63) is 66.0 Å². The summed E-state index contributed by atoms with van der Waals surface area (Å²) in [7, 11) is -3.91. The number of hydrogen-bond acceptors (Lipinski definition) is 4. The quantitative estimate of drug-likeness (QED) is 0.366. The molecule has 0 aliphatic carbocycles. The van der Waals surface area contributed by atoms with E-state index in [4.69, 9.17) is 5.21 Å². The maximum atomic E-state index is 13.0. The number of sulfonamides is 1. The van der Waals surface area contributed by atoms with Gasteiger partial charge in [0.15, 0.2) is 0 Å². The van der Waals surface area contributed by atoms with Crippen LogP contribution in [0.25, 0.3) is 0 Å². The number of hydroxylamine groups is 1. The number of benzene rings is 2. The van der Waals surface area contributed by atoms with Crippen molar-refractivity contribution in [3.8, 4) is 0 Å². The van der Waals surface area contributed by atoms with E-state index in [1.54, 1.807) is 24.3 Å². The Balaban J connectivity index is 0.00000312. The van der Waals surface area contributed by atoms with E-state index < -0.39 is 21.7 Å². The van der Waals surface area contributed by atoms with Crippen LogP contribution in [-0.4, -0.2) is 30.4 Å². The molecule has 0 aliphatic heterocycles. The molecule has 0 saturated heterocycles. The number of carbonyl (C=O) groups excluding carboxylic acids is 1. The van der Waals surface area contributed by atoms with Crippen LogP contribution in [0.3, 0.4) is 0 Å². The number of rotatable bonds is 7. The predicted octanol–water partition coefficient (Wildman–Crippen LogP) is -1.08. The molecule has 25 heavy (non-hydrogen) atoms. The summed E-state index contributed by atoms with van der Waals surface area (Å²) in [5.41, 5.74) is 2.22. The van der Waals surface area contributed by atoms with Crippen molar-refractivity contribution in [2.24, 2.45) is 0 Å². The smallest absolute Gasteiger partial charge is 0.289 e. The third-order valence-corrected chi connectivity index (χ3v) is 5.23. The number of nitrogens with one attached hydrogen (secondary N) is 1. The zero-order valence-corrected chi connectivity index (χ0v) is 16.5. The number of nitrogens with zero attached hydrogens (tertiary/aromatic N) is 1. The summed E-state index contributed by atoms with van der Waals surface area (Å²) in [5, 5.41) is 8.58. The van der Waals surface area contributed by atoms with Crippen LogP contribution < -0.4 is 35.0 Å². The molecule has 2 N–H and O–H groups in total. The van der Waals surface area contributed by atoms with Gasteiger partial charge in [0.2, 0.25) is 15.9 Å². The third-order valence-electron chi connectivity index (χ3n) is 3.37. The van der Waals surface area contributed by atoms with Gasteiger partial charge in [-0.3, -0.25) is 10.0 Å². The van der Waals surface area contributed by atoms with Gasteiger partial charge in [-0.15, -0.1) is 0 Å². The van der Waals surface area contributed by atoms with Crippen LogP contribution in [0.1, 0.15) is 12.0 Å². The first-order valence-corrected chi connectivity index (χ1v) is 8.60. The zero-order chi connectivity index (χ0) is 17.6. The third kappa shape index (κ3) is 6.18. The normalized spacial score (nSPS) is 11.0. The molecule has 128 valence electrons. The van der Waals surface area contributed by atoms with Crippen LogP contribution in [0.4, 0.5) is 4.39 Å². The fraction of sp³-hybridized carbons (Fsp3) is 0.188. The van der Waals surface area contributed by atoms with Gasteiger partial charge in [-0.05, 0) is 29.8 Å². The fourth-order valence-electron chi connectivity index (χ4n) is 2.11. The second-order valence-corrected chi connectivity index (χ2v) is 7.00. The van der Waals surface area contributed by atoms with Crippen LogP contribution in [0.15, 0.2) is 59.5 Å². The Morgan fingerprint density at radius 1 is 1.08 bits per heavy atom. The average Bonchev–Trinajstić information content (AvgIpc) is 2.59. The Bertz CT molecular complexity index is 786. The Morgan fingerprint density at radius 2 is 1.68 bits per heavy atom. The Labute approximate surface area is 168 Å².